The number of methoxy groups -OCH3 is 1. The summed E-state index contributed by atoms with van der Waals surface area (Å²) in [7, 11) is 1.38. The first-order valence-electron chi connectivity index (χ1n) is 3.79. The van der Waals surface area contributed by atoms with Crippen LogP contribution in [0.1, 0.15) is 0 Å². The van der Waals surface area contributed by atoms with E-state index in [0.717, 1.165) is 0 Å². The molecule has 0 spiro atoms. The minimum absolute atomic E-state index is 0.218. The van der Waals surface area contributed by atoms with E-state index in [9.17, 15) is 4.79 Å². The van der Waals surface area contributed by atoms with Crippen molar-refractivity contribution in [2.24, 2.45) is 0 Å². The fourth-order valence-electron chi connectivity index (χ4n) is 0.735. The molecule has 68 valence electrons. The normalized spacial score (nSPS) is 10.2. The van der Waals surface area contributed by atoms with Crippen molar-refractivity contribution in [2.75, 3.05) is 7.11 Å². The number of carbonyl (C=O) groups is 1. The van der Waals surface area contributed by atoms with Gasteiger partial charge in [-0.25, -0.2) is 0 Å². The van der Waals surface area contributed by atoms with Crippen molar-refractivity contribution < 1.29 is 9.53 Å². The zero-order valence-corrected chi connectivity index (χ0v) is 8.98. The molecule has 0 amide bonds. The molecule has 1 aromatic rings. The van der Waals surface area contributed by atoms with Crippen molar-refractivity contribution in [1.82, 2.24) is 0 Å². The molecule has 2 nitrogen and oxygen atoms in total. The molecule has 0 saturated heterocycles. The Morgan fingerprint density at radius 3 is 2.69 bits per heavy atom. The van der Waals surface area contributed by atoms with Gasteiger partial charge in [-0.3, -0.25) is 0 Å². The SMILES string of the molecule is COC(=O)/C=C/[Se]c1ccccc1. The van der Waals surface area contributed by atoms with Gasteiger partial charge in [-0.2, -0.15) is 0 Å². The summed E-state index contributed by atoms with van der Waals surface area (Å²) in [5, 5.41) is 0. The average molecular weight is 241 g/mol. The summed E-state index contributed by atoms with van der Waals surface area (Å²) in [4.78, 5) is 12.6. The van der Waals surface area contributed by atoms with Gasteiger partial charge in [-0.1, -0.05) is 0 Å². The van der Waals surface area contributed by atoms with E-state index in [1.165, 1.54) is 17.6 Å². The van der Waals surface area contributed by atoms with Crippen LogP contribution in [0.3, 0.4) is 0 Å². The van der Waals surface area contributed by atoms with E-state index in [1.807, 2.05) is 35.3 Å². The van der Waals surface area contributed by atoms with Crippen LogP contribution in [0.15, 0.2) is 41.4 Å². The van der Waals surface area contributed by atoms with Crippen molar-refractivity contribution in [3.05, 3.63) is 41.4 Å². The summed E-state index contributed by atoms with van der Waals surface area (Å²) in [5.41, 5.74) is 0. The van der Waals surface area contributed by atoms with Crippen molar-refractivity contribution in [3.8, 4) is 0 Å². The Hall–Kier alpha value is -1.05. The molecule has 0 aromatic heterocycles. The Kier molecular flexibility index (Phi) is 4.30. The number of benzene rings is 1. The Morgan fingerprint density at radius 2 is 2.08 bits per heavy atom. The molecule has 0 N–H and O–H groups in total. The van der Waals surface area contributed by atoms with Crippen molar-refractivity contribution in [3.63, 3.8) is 0 Å². The molecule has 0 fully saturated rings. The van der Waals surface area contributed by atoms with E-state index < -0.39 is 0 Å². The van der Waals surface area contributed by atoms with E-state index in [2.05, 4.69) is 4.74 Å². The summed E-state index contributed by atoms with van der Waals surface area (Å²) in [6.45, 7) is 0. The van der Waals surface area contributed by atoms with Crippen LogP contribution in [0.2, 0.25) is 0 Å². The molecule has 0 bridgehead atoms. The van der Waals surface area contributed by atoms with Crippen LogP contribution >= 0.6 is 0 Å². The van der Waals surface area contributed by atoms with Gasteiger partial charge in [-0.05, 0) is 0 Å². The molecule has 0 radical (unpaired) electrons. The van der Waals surface area contributed by atoms with Crippen LogP contribution in [0.25, 0.3) is 0 Å². The van der Waals surface area contributed by atoms with Gasteiger partial charge in [0.2, 0.25) is 0 Å². The van der Waals surface area contributed by atoms with E-state index in [1.54, 1.807) is 0 Å². The Morgan fingerprint density at radius 1 is 1.38 bits per heavy atom. The zero-order chi connectivity index (χ0) is 9.52. The van der Waals surface area contributed by atoms with Gasteiger partial charge in [-0.15, -0.1) is 0 Å². The first-order valence-corrected chi connectivity index (χ1v) is 5.63. The van der Waals surface area contributed by atoms with Gasteiger partial charge in [0.1, 0.15) is 0 Å². The first kappa shape index (κ1) is 10.0. The number of hydrogen-bond acceptors (Lipinski definition) is 2. The van der Waals surface area contributed by atoms with Gasteiger partial charge in [0.05, 0.1) is 0 Å². The summed E-state index contributed by atoms with van der Waals surface area (Å²) >= 11 is 0.218. The zero-order valence-electron chi connectivity index (χ0n) is 7.27. The van der Waals surface area contributed by atoms with Gasteiger partial charge >= 0.3 is 83.4 Å². The van der Waals surface area contributed by atoms with E-state index in [-0.39, 0.29) is 20.9 Å². The molecule has 0 unspecified atom stereocenters. The fourth-order valence-corrected chi connectivity index (χ4v) is 2.10. The quantitative estimate of drug-likeness (QED) is 0.442. The summed E-state index contributed by atoms with van der Waals surface area (Å²) in [5.74, 6) is -0.294. The van der Waals surface area contributed by atoms with Crippen LogP contribution < -0.4 is 4.46 Å². The number of ether oxygens (including phenoxy) is 1. The fraction of sp³-hybridized carbons (Fsp3) is 0.100. The minimum atomic E-state index is -0.294. The van der Waals surface area contributed by atoms with Gasteiger partial charge in [0, 0.05) is 0 Å². The summed E-state index contributed by atoms with van der Waals surface area (Å²) in [6, 6.07) is 10.0. The molecule has 13 heavy (non-hydrogen) atoms. The van der Waals surface area contributed by atoms with Crippen LogP contribution in [-0.2, 0) is 9.53 Å². The second-order valence-electron chi connectivity index (χ2n) is 2.26. The molecule has 0 aliphatic heterocycles. The van der Waals surface area contributed by atoms with Crippen molar-refractivity contribution in [1.29, 1.82) is 0 Å². The second-order valence-corrected chi connectivity index (χ2v) is 4.31. The molecule has 0 aliphatic carbocycles. The third kappa shape index (κ3) is 3.92. The third-order valence-corrected chi connectivity index (χ3v) is 3.07. The van der Waals surface area contributed by atoms with E-state index in [4.69, 9.17) is 0 Å². The van der Waals surface area contributed by atoms with Crippen LogP contribution in [0.4, 0.5) is 0 Å². The predicted molar refractivity (Wildman–Crippen MR) is 53.0 cm³/mol. The Labute approximate surface area is 83.8 Å². The monoisotopic (exact) mass is 242 g/mol. The molecule has 3 heteroatoms. The molecule has 1 aromatic carbocycles. The predicted octanol–water partition coefficient (Wildman–Crippen LogP) is 0.703. The maximum atomic E-state index is 10.7. The summed E-state index contributed by atoms with van der Waals surface area (Å²) in [6.07, 6.45) is 1.47. The van der Waals surface area contributed by atoms with Gasteiger partial charge in [0.15, 0.2) is 0 Å². The van der Waals surface area contributed by atoms with Crippen LogP contribution in [-0.4, -0.2) is 28.0 Å². The molecule has 0 aliphatic rings. The summed E-state index contributed by atoms with van der Waals surface area (Å²) < 4.78 is 5.72. The number of hydrogen-bond donors (Lipinski definition) is 0. The Bertz CT molecular complexity index is 293. The number of esters is 1. The topological polar surface area (TPSA) is 26.3 Å². The molecule has 0 saturated carbocycles. The first-order chi connectivity index (χ1) is 6.33. The maximum absolute atomic E-state index is 10.7. The van der Waals surface area contributed by atoms with Gasteiger partial charge in [0.25, 0.3) is 0 Å². The van der Waals surface area contributed by atoms with Gasteiger partial charge < -0.3 is 0 Å². The second kappa shape index (κ2) is 5.57. The number of carbonyl (C=O) groups excluding carboxylic acids is 1. The van der Waals surface area contributed by atoms with E-state index in [0.29, 0.717) is 0 Å². The Balaban J connectivity index is 2.44. The van der Waals surface area contributed by atoms with E-state index >= 15 is 0 Å². The standard InChI is InChI=1S/C10H10O2Se/c1-12-10(11)7-8-13-9-5-3-2-4-6-9/h2-8H,1H3/b8-7+. The molecule has 1 rings (SSSR count). The van der Waals surface area contributed by atoms with Crippen LogP contribution in [0.5, 0.6) is 0 Å². The van der Waals surface area contributed by atoms with Crippen molar-refractivity contribution >= 4 is 25.4 Å². The average Bonchev–Trinajstić information content (AvgIpc) is 2.19. The molecule has 0 atom stereocenters. The van der Waals surface area contributed by atoms with Crippen LogP contribution in [0, 0.1) is 0 Å². The molecular weight excluding hydrogens is 231 g/mol. The molecular formula is C10H10O2Se. The third-order valence-electron chi connectivity index (χ3n) is 1.35. The molecule has 0 heterocycles. The van der Waals surface area contributed by atoms with Crippen molar-refractivity contribution in [2.45, 2.75) is 0 Å². The number of rotatable bonds is 3.